The average Bonchev–Trinajstić information content (AvgIpc) is 3.41. The number of hydrogen-bond acceptors (Lipinski definition) is 11. The van der Waals surface area contributed by atoms with Crippen molar-refractivity contribution in [2.45, 2.75) is 62.9 Å². The topological polar surface area (TPSA) is 316 Å². The number of nitrogens with zero attached hydrogens (tertiary/aromatic N) is 1. The Balaban J connectivity index is 0.000000897. The van der Waals surface area contributed by atoms with Gasteiger partial charge in [0.2, 0.25) is 23.6 Å². The number of nitrogens with two attached hydrogens (primary N) is 3. The Hall–Kier alpha value is -3.68. The number of thiol groups is 1. The fourth-order valence-electron chi connectivity index (χ4n) is 3.46. The normalized spacial score (nSPS) is 17.0. The second-order valence-electron chi connectivity index (χ2n) is 8.96. The summed E-state index contributed by atoms with van der Waals surface area (Å²) in [5.74, 6) is -4.95. The highest BCUT2D eigenvalue weighted by Crippen LogP contribution is 2.18. The molecule has 19 heteroatoms. The van der Waals surface area contributed by atoms with Gasteiger partial charge in [0.1, 0.15) is 24.2 Å². The Morgan fingerprint density at radius 2 is 1.68 bits per heavy atom. The number of guanidine groups is 1. The minimum Gasteiger partial charge on any atom is -0.480 e. The molecule has 14 N–H and O–H groups in total. The van der Waals surface area contributed by atoms with Crippen molar-refractivity contribution < 1.29 is 44.1 Å². The Morgan fingerprint density at radius 3 is 2.17 bits per heavy atom. The molecule has 0 aromatic carbocycles. The summed E-state index contributed by atoms with van der Waals surface area (Å²) in [6, 6.07) is -3.94. The van der Waals surface area contributed by atoms with E-state index in [4.69, 9.17) is 37.9 Å². The van der Waals surface area contributed by atoms with E-state index in [9.17, 15) is 28.8 Å². The van der Waals surface area contributed by atoms with E-state index in [-0.39, 0.29) is 24.7 Å². The number of amides is 4. The Labute approximate surface area is 242 Å². The van der Waals surface area contributed by atoms with Crippen LogP contribution in [0.5, 0.6) is 0 Å². The highest BCUT2D eigenvalue weighted by Gasteiger charge is 2.37. The number of aliphatic hydroxyl groups excluding tert-OH is 1. The molecule has 1 saturated heterocycles. The second-order valence-corrected chi connectivity index (χ2v) is 9.33. The van der Waals surface area contributed by atoms with Gasteiger partial charge in [-0.05, 0) is 32.6 Å². The van der Waals surface area contributed by atoms with Gasteiger partial charge in [-0.15, -0.1) is 0 Å². The molecule has 0 bridgehead atoms. The van der Waals surface area contributed by atoms with E-state index in [0.29, 0.717) is 32.4 Å². The number of rotatable bonds is 15. The van der Waals surface area contributed by atoms with Gasteiger partial charge in [-0.25, -0.2) is 9.59 Å². The molecule has 0 aromatic rings. The molecule has 234 valence electrons. The van der Waals surface area contributed by atoms with Crippen LogP contribution in [0.4, 0.5) is 0 Å². The van der Waals surface area contributed by atoms with Crippen molar-refractivity contribution in [3.05, 3.63) is 0 Å². The van der Waals surface area contributed by atoms with E-state index >= 15 is 0 Å². The number of aliphatic hydroxyl groups is 1. The van der Waals surface area contributed by atoms with Gasteiger partial charge in [-0.3, -0.25) is 24.6 Å². The van der Waals surface area contributed by atoms with Gasteiger partial charge in [0.05, 0.1) is 19.2 Å². The maximum Gasteiger partial charge on any atom is 0.327 e. The number of hydrogen-bond donors (Lipinski definition) is 12. The zero-order valence-electron chi connectivity index (χ0n) is 22.7. The van der Waals surface area contributed by atoms with Crippen molar-refractivity contribution in [2.24, 2.45) is 17.2 Å². The molecule has 0 saturated carbocycles. The van der Waals surface area contributed by atoms with Crippen LogP contribution in [-0.2, 0) is 28.8 Å². The maximum absolute atomic E-state index is 12.2. The minimum absolute atomic E-state index is 0.104. The third kappa shape index (κ3) is 14.5. The molecule has 1 fully saturated rings. The van der Waals surface area contributed by atoms with Crippen LogP contribution in [0.25, 0.3) is 0 Å². The first kappa shape index (κ1) is 37.3. The lowest BCUT2D eigenvalue weighted by atomic mass is 10.1. The molecule has 18 nitrogen and oxygen atoms in total. The van der Waals surface area contributed by atoms with Gasteiger partial charge < -0.3 is 58.7 Å². The maximum atomic E-state index is 12.2. The van der Waals surface area contributed by atoms with E-state index in [1.807, 2.05) is 0 Å². The first-order valence-corrected chi connectivity index (χ1v) is 13.2. The van der Waals surface area contributed by atoms with Crippen LogP contribution in [0.2, 0.25) is 0 Å². The first-order chi connectivity index (χ1) is 19.2. The lowest BCUT2D eigenvalue weighted by Gasteiger charge is -2.25. The highest BCUT2D eigenvalue weighted by atomic mass is 32.1. The first-order valence-electron chi connectivity index (χ1n) is 12.6. The largest absolute Gasteiger partial charge is 0.480 e. The fourth-order valence-corrected chi connectivity index (χ4v) is 3.71. The number of carboxylic acid groups (broad SMARTS) is 2. The fraction of sp³-hybridized carbons (Fsp3) is 0.682. The van der Waals surface area contributed by atoms with E-state index in [1.165, 1.54) is 11.8 Å². The Bertz CT molecular complexity index is 938. The van der Waals surface area contributed by atoms with Crippen LogP contribution in [-0.4, -0.2) is 124 Å². The zero-order chi connectivity index (χ0) is 31.7. The molecule has 4 unspecified atom stereocenters. The number of carbonyl (C=O) groups is 6. The number of carboxylic acids is 2. The molecule has 4 amide bonds. The third-order valence-electron chi connectivity index (χ3n) is 5.69. The molecular weight excluding hydrogens is 566 g/mol. The van der Waals surface area contributed by atoms with Gasteiger partial charge >= 0.3 is 11.9 Å². The van der Waals surface area contributed by atoms with E-state index in [2.05, 4.69) is 33.9 Å². The van der Waals surface area contributed by atoms with E-state index < -0.39 is 72.4 Å². The molecule has 0 spiro atoms. The predicted molar refractivity (Wildman–Crippen MR) is 149 cm³/mol. The molecule has 1 aliphatic heterocycles. The summed E-state index contributed by atoms with van der Waals surface area (Å²) in [5.41, 5.74) is 15.8. The van der Waals surface area contributed by atoms with Crippen LogP contribution in [0.15, 0.2) is 0 Å². The summed E-state index contributed by atoms with van der Waals surface area (Å²) in [4.78, 5) is 69.8. The summed E-state index contributed by atoms with van der Waals surface area (Å²) in [6.45, 7) is 1.36. The molecule has 1 aliphatic rings. The van der Waals surface area contributed by atoms with Gasteiger partial charge in [0.15, 0.2) is 5.96 Å². The van der Waals surface area contributed by atoms with Crippen molar-refractivity contribution in [1.29, 1.82) is 5.41 Å². The number of carbonyl (C=O) groups excluding carboxylic acids is 4. The smallest absolute Gasteiger partial charge is 0.327 e. The van der Waals surface area contributed by atoms with Crippen molar-refractivity contribution in [2.75, 3.05) is 31.9 Å². The predicted octanol–water partition coefficient (Wildman–Crippen LogP) is -4.92. The van der Waals surface area contributed by atoms with Crippen molar-refractivity contribution in [1.82, 2.24) is 26.2 Å². The summed E-state index contributed by atoms with van der Waals surface area (Å²) < 4.78 is 0. The quantitative estimate of drug-likeness (QED) is 0.0360. The van der Waals surface area contributed by atoms with Crippen molar-refractivity contribution >= 4 is 54.2 Å². The summed E-state index contributed by atoms with van der Waals surface area (Å²) in [7, 11) is 0. The summed E-state index contributed by atoms with van der Waals surface area (Å²) in [5, 5.41) is 43.4. The second kappa shape index (κ2) is 19.4. The molecular formula is C22H41N9O9S. The van der Waals surface area contributed by atoms with Crippen molar-refractivity contribution in [3.63, 3.8) is 0 Å². The standard InChI is InChI=1S/C13H25N7O5S.C9H16N2O4/c14-4-9(21)19-7(2-1-3-17-13(15)16)11(23)18-5-10(22)20-8(6-26)12(24)25;1-5(12)7(10)8(13)11-4-2-3-6(11)9(14)15/h7-8,26H,1-6,14H2,(H,18,23)(H,19,21)(H,20,22)(H,24,25)(H4,15,16,17);5-7,12H,2-4,10H2,1H3,(H,14,15)/t;5?,6-,7?/m.0/s1. The van der Waals surface area contributed by atoms with E-state index in [0.717, 1.165) is 0 Å². The number of nitrogens with one attached hydrogen (secondary N) is 5. The molecule has 1 heterocycles. The SMILES string of the molecule is CC(O)C(N)C(=O)N1CCC[C@H]1C(=O)O.N=C(N)NCCCC(NC(=O)CN)C(=O)NCC(=O)NC(CS)C(=O)O. The lowest BCUT2D eigenvalue weighted by molar-refractivity contribution is -0.149. The average molecular weight is 608 g/mol. The molecule has 1 rings (SSSR count). The van der Waals surface area contributed by atoms with Gasteiger partial charge in [-0.1, -0.05) is 0 Å². The van der Waals surface area contributed by atoms with Gasteiger partial charge in [0.25, 0.3) is 0 Å². The van der Waals surface area contributed by atoms with Crippen LogP contribution in [0, 0.1) is 5.41 Å². The van der Waals surface area contributed by atoms with Crippen molar-refractivity contribution in [3.8, 4) is 0 Å². The van der Waals surface area contributed by atoms with Crippen LogP contribution >= 0.6 is 12.6 Å². The third-order valence-corrected chi connectivity index (χ3v) is 6.05. The molecule has 0 radical (unpaired) electrons. The number of aliphatic carboxylic acids is 2. The molecule has 0 aromatic heterocycles. The monoisotopic (exact) mass is 607 g/mol. The highest BCUT2D eigenvalue weighted by molar-refractivity contribution is 7.80. The van der Waals surface area contributed by atoms with Gasteiger partial charge in [-0.2, -0.15) is 12.6 Å². The summed E-state index contributed by atoms with van der Waals surface area (Å²) >= 11 is 3.81. The molecule has 41 heavy (non-hydrogen) atoms. The summed E-state index contributed by atoms with van der Waals surface area (Å²) in [6.07, 6.45) is 0.777. The Kier molecular flexibility index (Phi) is 17.7. The number of likely N-dealkylation sites (tertiary alicyclic amines) is 1. The Morgan fingerprint density at radius 1 is 1.07 bits per heavy atom. The lowest BCUT2D eigenvalue weighted by Crippen LogP contribution is -2.52. The van der Waals surface area contributed by atoms with Crippen LogP contribution in [0.1, 0.15) is 32.6 Å². The zero-order valence-corrected chi connectivity index (χ0v) is 23.6. The molecule has 0 aliphatic carbocycles. The van der Waals surface area contributed by atoms with Gasteiger partial charge in [0, 0.05) is 18.8 Å². The molecule has 5 atom stereocenters. The minimum atomic E-state index is -1.24. The van der Waals surface area contributed by atoms with Crippen LogP contribution < -0.4 is 38.5 Å². The van der Waals surface area contributed by atoms with Crippen LogP contribution in [0.3, 0.4) is 0 Å². The van der Waals surface area contributed by atoms with E-state index in [1.54, 1.807) is 0 Å².